The molecule has 4 nitrogen and oxygen atoms in total. The number of rotatable bonds is 10. The Morgan fingerprint density at radius 1 is 1.04 bits per heavy atom. The molecule has 0 aromatic heterocycles. The molecule has 0 aliphatic carbocycles. The lowest BCUT2D eigenvalue weighted by Crippen LogP contribution is -2.02. The molecule has 2 rings (SSSR count). The number of methoxy groups -OCH3 is 1. The van der Waals surface area contributed by atoms with Gasteiger partial charge >= 0.3 is 5.97 Å². The number of ether oxygens (including phenoxy) is 2. The summed E-state index contributed by atoms with van der Waals surface area (Å²) in [5, 5.41) is 9.64. The van der Waals surface area contributed by atoms with Gasteiger partial charge in [-0.05, 0) is 36.3 Å². The normalized spacial score (nSPS) is 11.2. The van der Waals surface area contributed by atoms with E-state index < -0.39 is 5.97 Å². The molecule has 0 bridgehead atoms. The van der Waals surface area contributed by atoms with Gasteiger partial charge in [0.15, 0.2) is 0 Å². The van der Waals surface area contributed by atoms with Gasteiger partial charge in [-0.15, -0.1) is 0 Å². The van der Waals surface area contributed by atoms with Crippen LogP contribution in [0.1, 0.15) is 43.7 Å². The third kappa shape index (κ3) is 5.66. The van der Waals surface area contributed by atoms with Gasteiger partial charge in [-0.25, -0.2) is 4.79 Å². The molecule has 1 N–H and O–H groups in total. The smallest absolute Gasteiger partial charge is 0.336 e. The Morgan fingerprint density at radius 3 is 2.42 bits per heavy atom. The van der Waals surface area contributed by atoms with Crippen molar-refractivity contribution in [1.29, 1.82) is 0 Å². The molecule has 138 valence electrons. The second kappa shape index (κ2) is 10.3. The van der Waals surface area contributed by atoms with Crippen LogP contribution in [0.15, 0.2) is 48.5 Å². The van der Waals surface area contributed by atoms with Gasteiger partial charge < -0.3 is 14.6 Å². The lowest BCUT2D eigenvalue weighted by atomic mass is 10.0. The molecule has 2 aromatic carbocycles. The minimum Gasteiger partial charge on any atom is -0.497 e. The second-order valence-electron chi connectivity index (χ2n) is 6.04. The van der Waals surface area contributed by atoms with E-state index in [9.17, 15) is 9.90 Å². The van der Waals surface area contributed by atoms with E-state index in [1.54, 1.807) is 37.5 Å². The summed E-state index contributed by atoms with van der Waals surface area (Å²) in [4.78, 5) is 11.8. The SMILES string of the molecule is CCCCCCOc1ccccc1/C=C(\C(=O)O)c1ccc(OC)cc1. The third-order valence-electron chi connectivity index (χ3n) is 4.11. The molecular formula is C22H26O4. The Morgan fingerprint density at radius 2 is 1.77 bits per heavy atom. The average molecular weight is 354 g/mol. The highest BCUT2D eigenvalue weighted by Gasteiger charge is 2.12. The fourth-order valence-corrected chi connectivity index (χ4v) is 2.64. The fraction of sp³-hybridized carbons (Fsp3) is 0.318. The van der Waals surface area contributed by atoms with Crippen LogP contribution in [-0.4, -0.2) is 24.8 Å². The topological polar surface area (TPSA) is 55.8 Å². The molecule has 0 spiro atoms. The van der Waals surface area contributed by atoms with E-state index in [1.165, 1.54) is 12.8 Å². The van der Waals surface area contributed by atoms with Gasteiger partial charge in [0.2, 0.25) is 0 Å². The lowest BCUT2D eigenvalue weighted by molar-refractivity contribution is -0.130. The number of benzene rings is 2. The van der Waals surface area contributed by atoms with Crippen LogP contribution in [-0.2, 0) is 4.79 Å². The van der Waals surface area contributed by atoms with Crippen LogP contribution in [0.5, 0.6) is 11.5 Å². The summed E-state index contributed by atoms with van der Waals surface area (Å²) in [6.45, 7) is 2.81. The maximum Gasteiger partial charge on any atom is 0.336 e. The molecular weight excluding hydrogens is 328 g/mol. The molecule has 26 heavy (non-hydrogen) atoms. The molecule has 0 saturated heterocycles. The van der Waals surface area contributed by atoms with Crippen LogP contribution in [0.4, 0.5) is 0 Å². The number of carbonyl (C=O) groups is 1. The maximum atomic E-state index is 11.8. The van der Waals surface area contributed by atoms with Crippen LogP contribution < -0.4 is 9.47 Å². The zero-order chi connectivity index (χ0) is 18.8. The molecule has 0 unspecified atom stereocenters. The first-order valence-electron chi connectivity index (χ1n) is 8.97. The van der Waals surface area contributed by atoms with Gasteiger partial charge in [-0.2, -0.15) is 0 Å². The summed E-state index contributed by atoms with van der Waals surface area (Å²) < 4.78 is 11.0. The van der Waals surface area contributed by atoms with Crippen molar-refractivity contribution in [2.24, 2.45) is 0 Å². The highest BCUT2D eigenvalue weighted by atomic mass is 16.5. The fourth-order valence-electron chi connectivity index (χ4n) is 2.64. The summed E-state index contributed by atoms with van der Waals surface area (Å²) in [6.07, 6.45) is 6.18. The first-order chi connectivity index (χ1) is 12.7. The predicted octanol–water partition coefficient (Wildman–Crippen LogP) is 5.28. The summed E-state index contributed by atoms with van der Waals surface area (Å²) in [6, 6.07) is 14.5. The Bertz CT molecular complexity index is 732. The van der Waals surface area contributed by atoms with Crippen LogP contribution >= 0.6 is 0 Å². The number of hydrogen-bond donors (Lipinski definition) is 1. The minimum atomic E-state index is -0.979. The molecule has 0 atom stereocenters. The summed E-state index contributed by atoms with van der Waals surface area (Å²) >= 11 is 0. The van der Waals surface area contributed by atoms with Crippen molar-refractivity contribution in [3.8, 4) is 11.5 Å². The molecule has 0 amide bonds. The molecule has 0 fully saturated rings. The summed E-state index contributed by atoms with van der Waals surface area (Å²) in [5.74, 6) is 0.415. The molecule has 2 aromatic rings. The Hall–Kier alpha value is -2.75. The van der Waals surface area contributed by atoms with Gasteiger partial charge in [0.05, 0.1) is 19.3 Å². The van der Waals surface area contributed by atoms with E-state index in [-0.39, 0.29) is 5.57 Å². The van der Waals surface area contributed by atoms with Gasteiger partial charge in [0, 0.05) is 5.56 Å². The van der Waals surface area contributed by atoms with Gasteiger partial charge in [0.25, 0.3) is 0 Å². The quantitative estimate of drug-likeness (QED) is 0.358. The van der Waals surface area contributed by atoms with Crippen molar-refractivity contribution >= 4 is 17.6 Å². The first-order valence-corrected chi connectivity index (χ1v) is 8.97. The lowest BCUT2D eigenvalue weighted by Gasteiger charge is -2.10. The van der Waals surface area contributed by atoms with Crippen molar-refractivity contribution in [3.63, 3.8) is 0 Å². The van der Waals surface area contributed by atoms with Crippen molar-refractivity contribution in [2.45, 2.75) is 32.6 Å². The molecule has 0 saturated carbocycles. The average Bonchev–Trinajstić information content (AvgIpc) is 2.67. The molecule has 0 aliphatic rings. The van der Waals surface area contributed by atoms with Crippen LogP contribution in [0.25, 0.3) is 11.6 Å². The van der Waals surface area contributed by atoms with Crippen LogP contribution in [0.3, 0.4) is 0 Å². The molecule has 4 heteroatoms. The zero-order valence-corrected chi connectivity index (χ0v) is 15.4. The molecule has 0 aliphatic heterocycles. The van der Waals surface area contributed by atoms with E-state index in [0.717, 1.165) is 18.4 Å². The van der Waals surface area contributed by atoms with Gasteiger partial charge in [-0.3, -0.25) is 0 Å². The predicted molar refractivity (Wildman–Crippen MR) is 105 cm³/mol. The summed E-state index contributed by atoms with van der Waals surface area (Å²) in [7, 11) is 1.58. The number of carboxylic acid groups (broad SMARTS) is 1. The highest BCUT2D eigenvalue weighted by molar-refractivity contribution is 6.20. The highest BCUT2D eigenvalue weighted by Crippen LogP contribution is 2.26. The van der Waals surface area contributed by atoms with Crippen LogP contribution in [0.2, 0.25) is 0 Å². The number of para-hydroxylation sites is 1. The number of carboxylic acids is 1. The zero-order valence-electron chi connectivity index (χ0n) is 15.4. The van der Waals surface area contributed by atoms with Crippen molar-refractivity contribution in [1.82, 2.24) is 0 Å². The molecule has 0 radical (unpaired) electrons. The van der Waals surface area contributed by atoms with Crippen LogP contribution in [0, 0.1) is 0 Å². The monoisotopic (exact) mass is 354 g/mol. The summed E-state index contributed by atoms with van der Waals surface area (Å²) in [5.41, 5.74) is 1.60. The van der Waals surface area contributed by atoms with E-state index in [2.05, 4.69) is 6.92 Å². The Balaban J connectivity index is 2.22. The van der Waals surface area contributed by atoms with Gasteiger partial charge in [-0.1, -0.05) is 56.5 Å². The Labute approximate surface area is 155 Å². The maximum absolute atomic E-state index is 11.8. The number of hydrogen-bond acceptors (Lipinski definition) is 3. The van der Waals surface area contributed by atoms with E-state index in [0.29, 0.717) is 23.7 Å². The third-order valence-corrected chi connectivity index (χ3v) is 4.11. The second-order valence-corrected chi connectivity index (χ2v) is 6.04. The van der Waals surface area contributed by atoms with Crippen molar-refractivity contribution in [3.05, 3.63) is 59.7 Å². The molecule has 0 heterocycles. The minimum absolute atomic E-state index is 0.217. The first kappa shape index (κ1) is 19.6. The van der Waals surface area contributed by atoms with Crippen molar-refractivity contribution < 1.29 is 19.4 Å². The van der Waals surface area contributed by atoms with Crippen molar-refractivity contribution in [2.75, 3.05) is 13.7 Å². The number of aliphatic carboxylic acids is 1. The van der Waals surface area contributed by atoms with E-state index in [1.807, 2.05) is 24.3 Å². The Kier molecular flexibility index (Phi) is 7.75. The largest absolute Gasteiger partial charge is 0.497 e. The standard InChI is InChI=1S/C22H26O4/c1-3-4-5-8-15-26-21-10-7-6-9-18(21)16-20(22(23)24)17-11-13-19(25-2)14-12-17/h6-7,9-14,16H,3-5,8,15H2,1-2H3,(H,23,24)/b20-16-. The number of unbranched alkanes of at least 4 members (excludes halogenated alkanes) is 3. The van der Waals surface area contributed by atoms with E-state index >= 15 is 0 Å². The van der Waals surface area contributed by atoms with Gasteiger partial charge in [0.1, 0.15) is 11.5 Å². The van der Waals surface area contributed by atoms with E-state index in [4.69, 9.17) is 9.47 Å².